The molecule has 0 aromatic heterocycles. The number of ether oxygens (including phenoxy) is 1. The second-order valence-corrected chi connectivity index (χ2v) is 9.97. The molecule has 2 aliphatic rings. The predicted molar refractivity (Wildman–Crippen MR) is 124 cm³/mol. The van der Waals surface area contributed by atoms with Gasteiger partial charge in [-0.05, 0) is 96.0 Å². The van der Waals surface area contributed by atoms with Gasteiger partial charge in [0.05, 0.1) is 11.7 Å². The second-order valence-electron chi connectivity index (χ2n) is 9.97. The van der Waals surface area contributed by atoms with Crippen LogP contribution in [-0.4, -0.2) is 11.7 Å². The van der Waals surface area contributed by atoms with Gasteiger partial charge in [0, 0.05) is 0 Å². The summed E-state index contributed by atoms with van der Waals surface area (Å²) in [6.45, 7) is 14.0. The Hall–Kier alpha value is -0.820. The van der Waals surface area contributed by atoms with Gasteiger partial charge >= 0.3 is 0 Å². The number of rotatable bonds is 10. The molecule has 0 saturated carbocycles. The van der Waals surface area contributed by atoms with E-state index in [-0.39, 0.29) is 5.60 Å². The highest BCUT2D eigenvalue weighted by molar-refractivity contribution is 5.18. The summed E-state index contributed by atoms with van der Waals surface area (Å²) in [6.07, 6.45) is 21.4. The Morgan fingerprint density at radius 2 is 1.79 bits per heavy atom. The van der Waals surface area contributed by atoms with Crippen molar-refractivity contribution in [2.45, 2.75) is 124 Å². The van der Waals surface area contributed by atoms with Crippen molar-refractivity contribution in [3.05, 3.63) is 34.9 Å². The lowest BCUT2D eigenvalue weighted by Crippen LogP contribution is -2.44. The van der Waals surface area contributed by atoms with E-state index >= 15 is 0 Å². The molecule has 1 aliphatic heterocycles. The van der Waals surface area contributed by atoms with Gasteiger partial charge in [0.15, 0.2) is 0 Å². The number of hydrogen-bond acceptors (Lipinski definition) is 1. The lowest BCUT2D eigenvalue weighted by molar-refractivity contribution is -0.123. The second kappa shape index (κ2) is 11.4. The third kappa shape index (κ3) is 7.21. The SMILES string of the molecule is CCCCC=C(C)CCCC(C)=CCCC1(C)CCC2=CCC(C)C(C)C2O1. The molecule has 0 amide bonds. The average molecular weight is 387 g/mol. The summed E-state index contributed by atoms with van der Waals surface area (Å²) < 4.78 is 6.70. The van der Waals surface area contributed by atoms with Crippen LogP contribution < -0.4 is 0 Å². The lowest BCUT2D eigenvalue weighted by Gasteiger charge is -2.46. The Bertz CT molecular complexity index is 567. The molecule has 160 valence electrons. The fourth-order valence-electron chi connectivity index (χ4n) is 4.72. The minimum Gasteiger partial charge on any atom is -0.367 e. The van der Waals surface area contributed by atoms with E-state index < -0.39 is 0 Å². The lowest BCUT2D eigenvalue weighted by atomic mass is 9.74. The largest absolute Gasteiger partial charge is 0.367 e. The molecular weight excluding hydrogens is 340 g/mol. The van der Waals surface area contributed by atoms with E-state index in [9.17, 15) is 0 Å². The summed E-state index contributed by atoms with van der Waals surface area (Å²) in [5.74, 6) is 1.41. The zero-order valence-corrected chi connectivity index (χ0v) is 19.7. The summed E-state index contributed by atoms with van der Waals surface area (Å²) in [4.78, 5) is 0. The van der Waals surface area contributed by atoms with E-state index in [1.54, 1.807) is 16.7 Å². The molecule has 0 bridgehead atoms. The maximum atomic E-state index is 6.70. The summed E-state index contributed by atoms with van der Waals surface area (Å²) >= 11 is 0. The van der Waals surface area contributed by atoms with Crippen molar-refractivity contribution >= 4 is 0 Å². The predicted octanol–water partition coefficient (Wildman–Crippen LogP) is 8.56. The Labute approximate surface area is 175 Å². The highest BCUT2D eigenvalue weighted by atomic mass is 16.5. The highest BCUT2D eigenvalue weighted by Gasteiger charge is 2.40. The van der Waals surface area contributed by atoms with Gasteiger partial charge in [-0.2, -0.15) is 0 Å². The van der Waals surface area contributed by atoms with Crippen LogP contribution in [0.4, 0.5) is 0 Å². The van der Waals surface area contributed by atoms with E-state index in [1.165, 1.54) is 57.8 Å². The molecule has 0 radical (unpaired) electrons. The van der Waals surface area contributed by atoms with Crippen LogP contribution in [-0.2, 0) is 4.74 Å². The van der Waals surface area contributed by atoms with E-state index in [1.807, 2.05) is 0 Å². The first-order valence-electron chi connectivity index (χ1n) is 12.0. The Morgan fingerprint density at radius 1 is 1.11 bits per heavy atom. The van der Waals surface area contributed by atoms with Crippen molar-refractivity contribution in [1.82, 2.24) is 0 Å². The van der Waals surface area contributed by atoms with E-state index in [0.717, 1.165) is 18.8 Å². The fraction of sp³-hybridized carbons (Fsp3) is 0.778. The Balaban J connectivity index is 1.73. The van der Waals surface area contributed by atoms with Gasteiger partial charge in [0.25, 0.3) is 0 Å². The van der Waals surface area contributed by atoms with Gasteiger partial charge in [-0.3, -0.25) is 0 Å². The molecule has 1 nitrogen and oxygen atoms in total. The van der Waals surface area contributed by atoms with Crippen molar-refractivity contribution in [3.63, 3.8) is 0 Å². The molecule has 1 heteroatoms. The molecule has 0 spiro atoms. The first-order chi connectivity index (χ1) is 13.3. The number of hydrogen-bond donors (Lipinski definition) is 0. The average Bonchev–Trinajstić information content (AvgIpc) is 2.65. The van der Waals surface area contributed by atoms with E-state index in [0.29, 0.717) is 12.0 Å². The van der Waals surface area contributed by atoms with Crippen molar-refractivity contribution in [3.8, 4) is 0 Å². The highest BCUT2D eigenvalue weighted by Crippen LogP contribution is 2.43. The first kappa shape index (κ1) is 23.5. The molecule has 4 unspecified atom stereocenters. The fourth-order valence-corrected chi connectivity index (χ4v) is 4.72. The quantitative estimate of drug-likeness (QED) is 0.270. The van der Waals surface area contributed by atoms with Gasteiger partial charge in [-0.25, -0.2) is 0 Å². The standard InChI is InChI=1S/C27H46O/c1-7-8-9-12-21(2)13-10-14-22(3)15-11-19-27(6)20-18-25-17-16-23(4)24(5)26(25)28-27/h12,15,17,23-24,26H,7-11,13-14,16,18-20H2,1-6H3. The van der Waals surface area contributed by atoms with Gasteiger partial charge in [-0.1, -0.05) is 63.0 Å². The molecule has 0 N–H and O–H groups in total. The third-order valence-corrected chi connectivity index (χ3v) is 7.21. The van der Waals surface area contributed by atoms with Gasteiger partial charge in [0.1, 0.15) is 0 Å². The maximum Gasteiger partial charge on any atom is 0.0820 e. The molecule has 1 saturated heterocycles. The normalized spacial score (nSPS) is 31.5. The topological polar surface area (TPSA) is 9.23 Å². The summed E-state index contributed by atoms with van der Waals surface area (Å²) in [7, 11) is 0. The van der Waals surface area contributed by atoms with Crippen molar-refractivity contribution in [2.75, 3.05) is 0 Å². The zero-order chi connectivity index (χ0) is 20.6. The van der Waals surface area contributed by atoms with Crippen molar-refractivity contribution in [2.24, 2.45) is 11.8 Å². The van der Waals surface area contributed by atoms with Crippen LogP contribution in [0, 0.1) is 11.8 Å². The van der Waals surface area contributed by atoms with Crippen LogP contribution in [0.25, 0.3) is 0 Å². The van der Waals surface area contributed by atoms with Gasteiger partial charge in [-0.15, -0.1) is 0 Å². The third-order valence-electron chi connectivity index (χ3n) is 7.21. The maximum absolute atomic E-state index is 6.70. The van der Waals surface area contributed by atoms with E-state index in [4.69, 9.17) is 4.74 Å². The van der Waals surface area contributed by atoms with Gasteiger partial charge < -0.3 is 4.74 Å². The van der Waals surface area contributed by atoms with Crippen LogP contribution in [0.2, 0.25) is 0 Å². The van der Waals surface area contributed by atoms with Crippen molar-refractivity contribution in [1.29, 1.82) is 0 Å². The molecular formula is C27H46O. The number of unbranched alkanes of at least 4 members (excludes halogenated alkanes) is 2. The van der Waals surface area contributed by atoms with Crippen LogP contribution in [0.3, 0.4) is 0 Å². The smallest absolute Gasteiger partial charge is 0.0820 e. The molecule has 0 aromatic carbocycles. The molecule has 0 aromatic rings. The summed E-state index contributed by atoms with van der Waals surface area (Å²) in [6, 6.07) is 0. The molecule has 1 fully saturated rings. The number of allylic oxidation sites excluding steroid dienone is 5. The summed E-state index contributed by atoms with van der Waals surface area (Å²) in [5.41, 5.74) is 4.77. The summed E-state index contributed by atoms with van der Waals surface area (Å²) in [5, 5.41) is 0. The molecule has 28 heavy (non-hydrogen) atoms. The van der Waals surface area contributed by atoms with Crippen LogP contribution in [0.1, 0.15) is 112 Å². The molecule has 1 heterocycles. The van der Waals surface area contributed by atoms with Crippen LogP contribution >= 0.6 is 0 Å². The van der Waals surface area contributed by atoms with E-state index in [2.05, 4.69) is 59.8 Å². The molecule has 2 rings (SSSR count). The first-order valence-corrected chi connectivity index (χ1v) is 12.0. The zero-order valence-electron chi connectivity index (χ0n) is 19.7. The monoisotopic (exact) mass is 386 g/mol. The van der Waals surface area contributed by atoms with Gasteiger partial charge in [0.2, 0.25) is 0 Å². The van der Waals surface area contributed by atoms with Crippen molar-refractivity contribution < 1.29 is 4.74 Å². The molecule has 1 aliphatic carbocycles. The molecule has 4 atom stereocenters. The van der Waals surface area contributed by atoms with Crippen LogP contribution in [0.15, 0.2) is 34.9 Å². The Morgan fingerprint density at radius 3 is 2.46 bits per heavy atom. The number of fused-ring (bicyclic) bond motifs is 1. The Kier molecular flexibility index (Phi) is 9.54. The van der Waals surface area contributed by atoms with Crippen LogP contribution in [0.5, 0.6) is 0 Å². The minimum absolute atomic E-state index is 0.0582. The minimum atomic E-state index is 0.0582.